The van der Waals surface area contributed by atoms with E-state index in [1.807, 2.05) is 0 Å². The van der Waals surface area contributed by atoms with Crippen LogP contribution in [0.4, 0.5) is 4.79 Å². The highest BCUT2D eigenvalue weighted by atomic mass is 79.9. The number of rotatable bonds is 0. The van der Waals surface area contributed by atoms with Crippen LogP contribution >= 0.6 is 27.5 Å². The summed E-state index contributed by atoms with van der Waals surface area (Å²) >= 11 is 9.48. The van der Waals surface area contributed by atoms with Crippen molar-refractivity contribution in [2.24, 2.45) is 0 Å². The van der Waals surface area contributed by atoms with Crippen molar-refractivity contribution in [1.82, 2.24) is 9.80 Å². The van der Waals surface area contributed by atoms with Crippen molar-refractivity contribution in [3.05, 3.63) is 27.2 Å². The molecule has 0 spiro atoms. The zero-order valence-corrected chi connectivity index (χ0v) is 13.2. The molecule has 1 aromatic carbocycles. The van der Waals surface area contributed by atoms with Crippen molar-refractivity contribution < 1.29 is 19.4 Å². The van der Waals surface area contributed by atoms with Gasteiger partial charge in [-0.2, -0.15) is 0 Å². The van der Waals surface area contributed by atoms with Crippen LogP contribution in [-0.2, 0) is 0 Å². The molecule has 1 fully saturated rings. The van der Waals surface area contributed by atoms with Crippen LogP contribution in [-0.4, -0.2) is 59.2 Å². The second-order valence-electron chi connectivity index (χ2n) is 4.93. The van der Waals surface area contributed by atoms with Gasteiger partial charge in [-0.25, -0.2) is 4.79 Å². The number of piperazine rings is 1. The molecule has 0 unspecified atom stereocenters. The fraction of sp³-hybridized carbons (Fsp3) is 0.385. The van der Waals surface area contributed by atoms with Gasteiger partial charge in [0, 0.05) is 24.1 Å². The van der Waals surface area contributed by atoms with Gasteiger partial charge in [-0.05, 0) is 28.1 Å². The third kappa shape index (κ3) is 2.44. The van der Waals surface area contributed by atoms with Gasteiger partial charge in [-0.15, -0.1) is 0 Å². The number of nitrogens with zero attached hydrogens (tertiary/aromatic N) is 2. The molecule has 6 nitrogen and oxygen atoms in total. The van der Waals surface area contributed by atoms with Gasteiger partial charge in [-0.1, -0.05) is 11.6 Å². The van der Waals surface area contributed by atoms with Gasteiger partial charge in [0.25, 0.3) is 5.91 Å². The Kier molecular flexibility index (Phi) is 3.71. The highest BCUT2D eigenvalue weighted by Crippen LogP contribution is 2.38. The van der Waals surface area contributed by atoms with Gasteiger partial charge < -0.3 is 19.6 Å². The third-order valence-electron chi connectivity index (χ3n) is 3.71. The summed E-state index contributed by atoms with van der Waals surface area (Å²) in [7, 11) is 0. The normalized spacial score (nSPS) is 21.2. The lowest BCUT2D eigenvalue weighted by atomic mass is 10.1. The maximum atomic E-state index is 12.6. The van der Waals surface area contributed by atoms with Crippen molar-refractivity contribution in [1.29, 1.82) is 0 Å². The minimum Gasteiger partial charge on any atom is -0.489 e. The summed E-state index contributed by atoms with van der Waals surface area (Å²) in [5.74, 6) is 0.180. The Hall–Kier alpha value is -1.47. The molecule has 21 heavy (non-hydrogen) atoms. The van der Waals surface area contributed by atoms with E-state index in [2.05, 4.69) is 15.9 Å². The Morgan fingerprint density at radius 1 is 1.43 bits per heavy atom. The van der Waals surface area contributed by atoms with Crippen molar-refractivity contribution in [2.75, 3.05) is 26.2 Å². The molecular weight excluding hydrogens is 364 g/mol. The van der Waals surface area contributed by atoms with E-state index in [4.69, 9.17) is 21.4 Å². The van der Waals surface area contributed by atoms with Crippen molar-refractivity contribution >= 4 is 39.5 Å². The Balaban J connectivity index is 1.94. The monoisotopic (exact) mass is 374 g/mol. The smallest absolute Gasteiger partial charge is 0.407 e. The average Bonchev–Trinajstić information content (AvgIpc) is 2.60. The Morgan fingerprint density at radius 3 is 2.90 bits per heavy atom. The number of carbonyl (C=O) groups is 2. The van der Waals surface area contributed by atoms with Crippen molar-refractivity contribution in [3.8, 4) is 5.75 Å². The van der Waals surface area contributed by atoms with Crippen LogP contribution in [0.3, 0.4) is 0 Å². The van der Waals surface area contributed by atoms with Gasteiger partial charge in [0.15, 0.2) is 5.75 Å². The minimum atomic E-state index is -0.982. The molecule has 1 atom stereocenters. The van der Waals surface area contributed by atoms with Gasteiger partial charge in [0.1, 0.15) is 6.61 Å². The highest BCUT2D eigenvalue weighted by Gasteiger charge is 2.37. The molecule has 2 amide bonds. The molecule has 2 aliphatic heterocycles. The Morgan fingerprint density at radius 2 is 2.19 bits per heavy atom. The number of ether oxygens (including phenoxy) is 1. The van der Waals surface area contributed by atoms with E-state index in [-0.39, 0.29) is 25.1 Å². The number of fused-ring (bicyclic) bond motifs is 2. The van der Waals surface area contributed by atoms with Crippen LogP contribution in [0.2, 0.25) is 5.02 Å². The van der Waals surface area contributed by atoms with Gasteiger partial charge >= 0.3 is 6.09 Å². The van der Waals surface area contributed by atoms with E-state index >= 15 is 0 Å². The van der Waals surface area contributed by atoms with E-state index in [9.17, 15) is 9.59 Å². The van der Waals surface area contributed by atoms with Crippen molar-refractivity contribution in [2.45, 2.75) is 6.04 Å². The first-order valence-electron chi connectivity index (χ1n) is 6.38. The van der Waals surface area contributed by atoms with E-state index in [1.165, 1.54) is 4.90 Å². The summed E-state index contributed by atoms with van der Waals surface area (Å²) in [6.07, 6.45) is -0.982. The quantitative estimate of drug-likeness (QED) is 0.755. The fourth-order valence-corrected chi connectivity index (χ4v) is 3.15. The topological polar surface area (TPSA) is 70.1 Å². The minimum absolute atomic E-state index is 0.174. The number of benzene rings is 1. The largest absolute Gasteiger partial charge is 0.489 e. The summed E-state index contributed by atoms with van der Waals surface area (Å²) in [6, 6.07) is 3.07. The maximum absolute atomic E-state index is 12.6. The molecule has 1 N–H and O–H groups in total. The molecule has 112 valence electrons. The maximum Gasteiger partial charge on any atom is 0.407 e. The molecule has 1 saturated heterocycles. The molecule has 1 aromatic rings. The fourth-order valence-electron chi connectivity index (χ4n) is 2.61. The Bertz CT molecular complexity index is 624. The van der Waals surface area contributed by atoms with Crippen LogP contribution in [0.5, 0.6) is 5.75 Å². The molecule has 0 aliphatic carbocycles. The highest BCUT2D eigenvalue weighted by molar-refractivity contribution is 9.10. The predicted octanol–water partition coefficient (Wildman–Crippen LogP) is 2.30. The molecular formula is C13H12BrClN2O4. The number of carboxylic acid groups (broad SMARTS) is 1. The van der Waals surface area contributed by atoms with Gasteiger partial charge in [0.2, 0.25) is 0 Å². The molecule has 0 radical (unpaired) electrons. The van der Waals surface area contributed by atoms with E-state index in [1.54, 1.807) is 17.0 Å². The van der Waals surface area contributed by atoms with Gasteiger partial charge in [-0.3, -0.25) is 4.79 Å². The summed E-state index contributed by atoms with van der Waals surface area (Å²) in [5, 5.41) is 9.43. The van der Waals surface area contributed by atoms with Crippen LogP contribution < -0.4 is 4.74 Å². The predicted molar refractivity (Wildman–Crippen MR) is 79.1 cm³/mol. The van der Waals surface area contributed by atoms with Crippen molar-refractivity contribution in [3.63, 3.8) is 0 Å². The lowest BCUT2D eigenvalue weighted by Crippen LogP contribution is -2.57. The molecule has 0 aromatic heterocycles. The first-order valence-corrected chi connectivity index (χ1v) is 7.55. The van der Waals surface area contributed by atoms with Gasteiger partial charge in [0.05, 0.1) is 16.6 Å². The SMILES string of the molecule is O=C(O)N1CCN2C(=O)c3ccc(Br)c(Cl)c3OC[C@@H]2C1. The number of carbonyl (C=O) groups excluding carboxylic acids is 1. The summed E-state index contributed by atoms with van der Waals surface area (Å²) < 4.78 is 6.34. The molecule has 3 rings (SSSR count). The van der Waals surface area contributed by atoms with Crippen LogP contribution in [0.25, 0.3) is 0 Å². The standard InChI is InChI=1S/C13H12BrClN2O4/c14-9-2-1-8-11(10(9)15)21-6-7-5-16(13(19)20)3-4-17(7)12(8)18/h1-2,7H,3-6H2,(H,19,20)/t7-/m0/s1. The van der Waals surface area contributed by atoms with E-state index in [0.29, 0.717) is 33.9 Å². The summed E-state index contributed by atoms with van der Waals surface area (Å²) in [4.78, 5) is 26.6. The van der Waals surface area contributed by atoms with Crippen LogP contribution in [0, 0.1) is 0 Å². The summed E-state index contributed by atoms with van der Waals surface area (Å²) in [6.45, 7) is 1.12. The second-order valence-corrected chi connectivity index (χ2v) is 6.16. The zero-order valence-electron chi connectivity index (χ0n) is 10.9. The van der Waals surface area contributed by atoms with Crippen LogP contribution in [0.1, 0.15) is 10.4 Å². The second kappa shape index (κ2) is 5.38. The number of halogens is 2. The molecule has 0 bridgehead atoms. The average molecular weight is 376 g/mol. The lowest BCUT2D eigenvalue weighted by molar-refractivity contribution is 0.0390. The first kappa shape index (κ1) is 14.5. The molecule has 8 heteroatoms. The summed E-state index contributed by atoms with van der Waals surface area (Å²) in [5.41, 5.74) is 0.412. The number of hydrogen-bond donors (Lipinski definition) is 1. The molecule has 2 heterocycles. The Labute approximate surface area is 134 Å². The number of amides is 2. The molecule has 2 aliphatic rings. The van der Waals surface area contributed by atoms with E-state index < -0.39 is 6.09 Å². The molecule has 0 saturated carbocycles. The van der Waals surface area contributed by atoms with Crippen LogP contribution in [0.15, 0.2) is 16.6 Å². The lowest BCUT2D eigenvalue weighted by Gasteiger charge is -2.38. The van der Waals surface area contributed by atoms with E-state index in [0.717, 1.165) is 0 Å². The third-order valence-corrected chi connectivity index (χ3v) is 4.98. The number of hydrogen-bond acceptors (Lipinski definition) is 3. The zero-order chi connectivity index (χ0) is 15.1. The first-order chi connectivity index (χ1) is 9.99.